The average Bonchev–Trinajstić information content (AvgIpc) is 2.94. The second kappa shape index (κ2) is 4.49. The van der Waals surface area contributed by atoms with E-state index >= 15 is 0 Å². The van der Waals surface area contributed by atoms with E-state index in [1.165, 1.54) is 16.7 Å². The first kappa shape index (κ1) is 10.8. The molecule has 0 saturated carbocycles. The van der Waals surface area contributed by atoms with E-state index in [1.54, 1.807) is 6.20 Å². The number of benzene rings is 2. The van der Waals surface area contributed by atoms with Gasteiger partial charge < -0.3 is 0 Å². The van der Waals surface area contributed by atoms with Crippen molar-refractivity contribution >= 4 is 0 Å². The Kier molecular flexibility index (Phi) is 2.69. The van der Waals surface area contributed by atoms with E-state index in [4.69, 9.17) is 0 Å². The summed E-state index contributed by atoms with van der Waals surface area (Å²) < 4.78 is 1.86. The molecule has 0 aliphatic carbocycles. The molecule has 0 N–H and O–H groups in total. The maximum atomic E-state index is 4.22. The molecule has 0 fully saturated rings. The Bertz CT molecular complexity index is 620. The second-order valence-corrected chi connectivity index (χ2v) is 4.36. The first-order valence-electron chi connectivity index (χ1n) is 6.00. The first-order chi connectivity index (χ1) is 8.83. The molecular weight excluding hydrogens is 220 g/mol. The van der Waals surface area contributed by atoms with Crippen LogP contribution in [0.15, 0.2) is 67.0 Å². The number of aromatic nitrogens is 2. The number of rotatable bonds is 2. The van der Waals surface area contributed by atoms with E-state index in [0.29, 0.717) is 0 Å². The molecule has 0 saturated heterocycles. The SMILES string of the molecule is Cc1ccc(-c2ccc(-n3cccn3)cc2)cc1. The van der Waals surface area contributed by atoms with Crippen molar-refractivity contribution in [2.24, 2.45) is 0 Å². The Morgan fingerprint density at radius 3 is 2.00 bits per heavy atom. The van der Waals surface area contributed by atoms with Gasteiger partial charge >= 0.3 is 0 Å². The van der Waals surface area contributed by atoms with Crippen LogP contribution in [0.4, 0.5) is 0 Å². The third-order valence-corrected chi connectivity index (χ3v) is 3.02. The third kappa shape index (κ3) is 2.05. The molecule has 0 aliphatic heterocycles. The molecule has 1 aromatic heterocycles. The second-order valence-electron chi connectivity index (χ2n) is 4.36. The lowest BCUT2D eigenvalue weighted by atomic mass is 10.0. The van der Waals surface area contributed by atoms with Gasteiger partial charge in [-0.15, -0.1) is 0 Å². The van der Waals surface area contributed by atoms with Crippen LogP contribution in [-0.2, 0) is 0 Å². The summed E-state index contributed by atoms with van der Waals surface area (Å²) in [5.74, 6) is 0. The van der Waals surface area contributed by atoms with E-state index in [-0.39, 0.29) is 0 Å². The van der Waals surface area contributed by atoms with Crippen molar-refractivity contribution in [1.82, 2.24) is 9.78 Å². The van der Waals surface area contributed by atoms with Gasteiger partial charge in [-0.25, -0.2) is 4.68 Å². The van der Waals surface area contributed by atoms with Crippen molar-refractivity contribution in [2.75, 3.05) is 0 Å². The van der Waals surface area contributed by atoms with Crippen LogP contribution in [0.25, 0.3) is 16.8 Å². The maximum absolute atomic E-state index is 4.22. The van der Waals surface area contributed by atoms with Crippen LogP contribution in [0.1, 0.15) is 5.56 Å². The smallest absolute Gasteiger partial charge is 0.0645 e. The van der Waals surface area contributed by atoms with Crippen LogP contribution in [0.3, 0.4) is 0 Å². The topological polar surface area (TPSA) is 17.8 Å². The van der Waals surface area contributed by atoms with E-state index in [9.17, 15) is 0 Å². The standard InChI is InChI=1S/C16H14N2/c1-13-3-5-14(6-4-13)15-7-9-16(10-8-15)18-12-2-11-17-18/h2-12H,1H3. The summed E-state index contributed by atoms with van der Waals surface area (Å²) >= 11 is 0. The maximum Gasteiger partial charge on any atom is 0.0645 e. The normalized spacial score (nSPS) is 10.5. The van der Waals surface area contributed by atoms with Gasteiger partial charge in [0, 0.05) is 12.4 Å². The monoisotopic (exact) mass is 234 g/mol. The Balaban J connectivity index is 1.94. The molecule has 0 aliphatic rings. The van der Waals surface area contributed by atoms with Crippen molar-refractivity contribution in [1.29, 1.82) is 0 Å². The molecule has 1 heterocycles. The van der Waals surface area contributed by atoms with Gasteiger partial charge in [0.1, 0.15) is 0 Å². The Labute approximate surface area is 107 Å². The van der Waals surface area contributed by atoms with Crippen molar-refractivity contribution in [3.8, 4) is 16.8 Å². The molecular formula is C16H14N2. The Hall–Kier alpha value is -2.35. The van der Waals surface area contributed by atoms with Crippen LogP contribution in [0, 0.1) is 6.92 Å². The first-order valence-corrected chi connectivity index (χ1v) is 6.00. The fraction of sp³-hybridized carbons (Fsp3) is 0.0625. The zero-order chi connectivity index (χ0) is 12.4. The summed E-state index contributed by atoms with van der Waals surface area (Å²) in [6.07, 6.45) is 3.73. The third-order valence-electron chi connectivity index (χ3n) is 3.02. The van der Waals surface area contributed by atoms with Gasteiger partial charge in [0.15, 0.2) is 0 Å². The van der Waals surface area contributed by atoms with Crippen LogP contribution >= 0.6 is 0 Å². The summed E-state index contributed by atoms with van der Waals surface area (Å²) in [6, 6.07) is 18.9. The molecule has 0 spiro atoms. The lowest BCUT2D eigenvalue weighted by molar-refractivity contribution is 0.881. The zero-order valence-electron chi connectivity index (χ0n) is 10.2. The van der Waals surface area contributed by atoms with Gasteiger partial charge in [0.25, 0.3) is 0 Å². The molecule has 3 rings (SSSR count). The molecule has 88 valence electrons. The van der Waals surface area contributed by atoms with E-state index in [1.807, 2.05) is 16.9 Å². The van der Waals surface area contributed by atoms with E-state index in [0.717, 1.165) is 5.69 Å². The number of nitrogens with zero attached hydrogens (tertiary/aromatic N) is 2. The number of hydrogen-bond donors (Lipinski definition) is 0. The average molecular weight is 234 g/mol. The number of aryl methyl sites for hydroxylation is 1. The van der Waals surface area contributed by atoms with Crippen LogP contribution in [0.2, 0.25) is 0 Å². The summed E-state index contributed by atoms with van der Waals surface area (Å²) in [4.78, 5) is 0. The highest BCUT2D eigenvalue weighted by Crippen LogP contribution is 2.21. The highest BCUT2D eigenvalue weighted by molar-refractivity contribution is 5.64. The van der Waals surface area contributed by atoms with Gasteiger partial charge in [-0.05, 0) is 36.2 Å². The van der Waals surface area contributed by atoms with Crippen LogP contribution in [0.5, 0.6) is 0 Å². The van der Waals surface area contributed by atoms with Gasteiger partial charge in [-0.3, -0.25) is 0 Å². The lowest BCUT2D eigenvalue weighted by Gasteiger charge is -2.05. The molecule has 2 nitrogen and oxygen atoms in total. The largest absolute Gasteiger partial charge is 0.241 e. The van der Waals surface area contributed by atoms with Crippen molar-refractivity contribution < 1.29 is 0 Å². The van der Waals surface area contributed by atoms with Crippen molar-refractivity contribution in [2.45, 2.75) is 6.92 Å². The molecule has 18 heavy (non-hydrogen) atoms. The molecule has 0 amide bonds. The van der Waals surface area contributed by atoms with Crippen LogP contribution < -0.4 is 0 Å². The summed E-state index contributed by atoms with van der Waals surface area (Å²) in [7, 11) is 0. The highest BCUT2D eigenvalue weighted by Gasteiger charge is 1.99. The molecule has 2 heteroatoms. The minimum absolute atomic E-state index is 1.08. The molecule has 2 aromatic carbocycles. The van der Waals surface area contributed by atoms with E-state index in [2.05, 4.69) is 60.6 Å². The van der Waals surface area contributed by atoms with Gasteiger partial charge in [0.2, 0.25) is 0 Å². The summed E-state index contributed by atoms with van der Waals surface area (Å²) in [5.41, 5.74) is 4.83. The predicted octanol–water partition coefficient (Wildman–Crippen LogP) is 3.85. The van der Waals surface area contributed by atoms with E-state index < -0.39 is 0 Å². The Morgan fingerprint density at radius 1 is 0.833 bits per heavy atom. The Morgan fingerprint density at radius 2 is 1.44 bits per heavy atom. The quantitative estimate of drug-likeness (QED) is 0.658. The zero-order valence-corrected chi connectivity index (χ0v) is 10.2. The predicted molar refractivity (Wildman–Crippen MR) is 73.7 cm³/mol. The van der Waals surface area contributed by atoms with Gasteiger partial charge in [-0.1, -0.05) is 42.0 Å². The lowest BCUT2D eigenvalue weighted by Crippen LogP contribution is -1.93. The fourth-order valence-electron chi connectivity index (χ4n) is 1.97. The minimum Gasteiger partial charge on any atom is -0.241 e. The van der Waals surface area contributed by atoms with Crippen molar-refractivity contribution in [3.63, 3.8) is 0 Å². The molecule has 0 unspecified atom stereocenters. The summed E-state index contributed by atoms with van der Waals surface area (Å²) in [6.45, 7) is 2.10. The minimum atomic E-state index is 1.08. The van der Waals surface area contributed by atoms with Gasteiger partial charge in [0.05, 0.1) is 5.69 Å². The fourth-order valence-corrected chi connectivity index (χ4v) is 1.97. The van der Waals surface area contributed by atoms with Crippen molar-refractivity contribution in [3.05, 3.63) is 72.6 Å². The van der Waals surface area contributed by atoms with Crippen LogP contribution in [-0.4, -0.2) is 9.78 Å². The number of hydrogen-bond acceptors (Lipinski definition) is 1. The summed E-state index contributed by atoms with van der Waals surface area (Å²) in [5, 5.41) is 4.22. The molecule has 3 aromatic rings. The molecule has 0 bridgehead atoms. The highest BCUT2D eigenvalue weighted by atomic mass is 15.3. The van der Waals surface area contributed by atoms with Gasteiger partial charge in [-0.2, -0.15) is 5.10 Å². The molecule has 0 radical (unpaired) electrons. The molecule has 0 atom stereocenters.